The lowest BCUT2D eigenvalue weighted by Crippen LogP contribution is -2.33. The van der Waals surface area contributed by atoms with Crippen molar-refractivity contribution in [2.75, 3.05) is 0 Å². The van der Waals surface area contributed by atoms with E-state index >= 15 is 0 Å². The minimum atomic E-state index is -0.947. The Kier molecular flexibility index (Phi) is 4.86. The molecule has 1 heterocycles. The molecule has 0 aliphatic heterocycles. The van der Waals surface area contributed by atoms with E-state index in [2.05, 4.69) is 6.92 Å². The Labute approximate surface area is 125 Å². The second-order valence-corrected chi connectivity index (χ2v) is 6.17. The fraction of sp³-hybridized carbons (Fsp3) is 0.647. The van der Waals surface area contributed by atoms with Gasteiger partial charge in [-0.1, -0.05) is 26.2 Å². The van der Waals surface area contributed by atoms with Gasteiger partial charge in [-0.3, -0.25) is 4.79 Å². The number of carboxylic acids is 1. The molecule has 0 saturated heterocycles. The molecule has 1 fully saturated rings. The Morgan fingerprint density at radius 2 is 1.95 bits per heavy atom. The maximum absolute atomic E-state index is 12.4. The smallest absolute Gasteiger partial charge is 0.337 e. The molecule has 116 valence electrons. The molecule has 0 bridgehead atoms. The Hall–Kier alpha value is -1.58. The lowest BCUT2D eigenvalue weighted by molar-refractivity contribution is 0.0693. The summed E-state index contributed by atoms with van der Waals surface area (Å²) in [7, 11) is 0. The second-order valence-electron chi connectivity index (χ2n) is 6.17. The summed E-state index contributed by atoms with van der Waals surface area (Å²) in [4.78, 5) is 23.9. The van der Waals surface area contributed by atoms with E-state index in [-0.39, 0.29) is 17.2 Å². The highest BCUT2D eigenvalue weighted by Gasteiger charge is 2.27. The molecule has 21 heavy (non-hydrogen) atoms. The first-order valence-corrected chi connectivity index (χ1v) is 7.93. The standard InChI is InChI=1S/C17H25NO3/c1-4-14(13-8-6-5-7-9-13)18-12(3)16(17(20)21)11(2)10-15(18)19/h10,13-14H,4-9H2,1-3H3,(H,20,21). The number of rotatable bonds is 4. The van der Waals surface area contributed by atoms with Crippen LogP contribution >= 0.6 is 0 Å². The molecule has 4 nitrogen and oxygen atoms in total. The number of hydrogen-bond donors (Lipinski definition) is 1. The van der Waals surface area contributed by atoms with Crippen LogP contribution in [0.3, 0.4) is 0 Å². The largest absolute Gasteiger partial charge is 0.478 e. The van der Waals surface area contributed by atoms with Crippen molar-refractivity contribution in [2.24, 2.45) is 5.92 Å². The van der Waals surface area contributed by atoms with E-state index in [0.29, 0.717) is 17.2 Å². The van der Waals surface area contributed by atoms with Crippen LogP contribution in [0.15, 0.2) is 10.9 Å². The average Bonchev–Trinajstić information content (AvgIpc) is 2.43. The molecule has 1 unspecified atom stereocenters. The lowest BCUT2D eigenvalue weighted by Gasteiger charge is -2.32. The van der Waals surface area contributed by atoms with Gasteiger partial charge < -0.3 is 9.67 Å². The second kappa shape index (κ2) is 6.46. The van der Waals surface area contributed by atoms with Gasteiger partial charge in [-0.15, -0.1) is 0 Å². The van der Waals surface area contributed by atoms with Gasteiger partial charge in [0.25, 0.3) is 5.56 Å². The molecule has 1 saturated carbocycles. The van der Waals surface area contributed by atoms with Crippen LogP contribution in [0.25, 0.3) is 0 Å². The fourth-order valence-corrected chi connectivity index (χ4v) is 3.88. The van der Waals surface area contributed by atoms with E-state index < -0.39 is 5.97 Å². The molecule has 1 N–H and O–H groups in total. The van der Waals surface area contributed by atoms with Gasteiger partial charge in [0.15, 0.2) is 0 Å². The normalized spacial score (nSPS) is 17.7. The van der Waals surface area contributed by atoms with Crippen molar-refractivity contribution in [1.82, 2.24) is 4.57 Å². The van der Waals surface area contributed by atoms with Crippen LogP contribution in [0.5, 0.6) is 0 Å². The van der Waals surface area contributed by atoms with Crippen LogP contribution < -0.4 is 5.56 Å². The number of aromatic carboxylic acids is 1. The van der Waals surface area contributed by atoms with Gasteiger partial charge in [-0.2, -0.15) is 0 Å². The van der Waals surface area contributed by atoms with E-state index in [0.717, 1.165) is 19.3 Å². The van der Waals surface area contributed by atoms with E-state index in [9.17, 15) is 14.7 Å². The molecule has 0 radical (unpaired) electrons. The Morgan fingerprint density at radius 3 is 2.48 bits per heavy atom. The summed E-state index contributed by atoms with van der Waals surface area (Å²) >= 11 is 0. The molecule has 0 amide bonds. The minimum Gasteiger partial charge on any atom is -0.478 e. The van der Waals surface area contributed by atoms with Crippen LogP contribution in [0, 0.1) is 19.8 Å². The van der Waals surface area contributed by atoms with Gasteiger partial charge in [-0.05, 0) is 44.6 Å². The number of carboxylic acid groups (broad SMARTS) is 1. The zero-order valence-electron chi connectivity index (χ0n) is 13.2. The number of aryl methyl sites for hydroxylation is 1. The Bertz CT molecular complexity index is 582. The van der Waals surface area contributed by atoms with Crippen LogP contribution in [0.2, 0.25) is 0 Å². The van der Waals surface area contributed by atoms with Crippen LogP contribution in [-0.2, 0) is 0 Å². The van der Waals surface area contributed by atoms with Crippen molar-refractivity contribution in [3.05, 3.63) is 33.2 Å². The van der Waals surface area contributed by atoms with E-state index in [1.807, 2.05) is 0 Å². The summed E-state index contributed by atoms with van der Waals surface area (Å²) in [5.41, 5.74) is 1.38. The summed E-state index contributed by atoms with van der Waals surface area (Å²) in [5.74, 6) is -0.457. The van der Waals surface area contributed by atoms with Crippen molar-refractivity contribution in [2.45, 2.75) is 65.3 Å². The van der Waals surface area contributed by atoms with Crippen LogP contribution in [0.1, 0.15) is 73.1 Å². The van der Waals surface area contributed by atoms with Gasteiger partial charge in [-0.25, -0.2) is 4.79 Å². The van der Waals surface area contributed by atoms with Crippen LogP contribution in [0.4, 0.5) is 0 Å². The highest BCUT2D eigenvalue weighted by Crippen LogP contribution is 2.35. The molecule has 1 aromatic rings. The number of aromatic nitrogens is 1. The molecule has 2 rings (SSSR count). The quantitative estimate of drug-likeness (QED) is 0.920. The molecule has 1 atom stereocenters. The van der Waals surface area contributed by atoms with Crippen LogP contribution in [-0.4, -0.2) is 15.6 Å². The molecule has 0 spiro atoms. The van der Waals surface area contributed by atoms with Gasteiger partial charge >= 0.3 is 5.97 Å². The molecule has 4 heteroatoms. The third-order valence-corrected chi connectivity index (χ3v) is 4.85. The predicted octanol–water partition coefficient (Wildman–Crippen LogP) is 3.69. The van der Waals surface area contributed by atoms with Gasteiger partial charge in [0, 0.05) is 17.8 Å². The monoisotopic (exact) mass is 291 g/mol. The summed E-state index contributed by atoms with van der Waals surface area (Å²) in [6, 6.07) is 1.60. The van der Waals surface area contributed by atoms with E-state index in [1.165, 1.54) is 25.3 Å². The topological polar surface area (TPSA) is 59.3 Å². The number of carbonyl (C=O) groups is 1. The minimum absolute atomic E-state index is 0.0626. The average molecular weight is 291 g/mol. The molecule has 0 aromatic carbocycles. The van der Waals surface area contributed by atoms with Crippen molar-refractivity contribution in [3.63, 3.8) is 0 Å². The van der Waals surface area contributed by atoms with Crippen molar-refractivity contribution in [3.8, 4) is 0 Å². The number of nitrogens with zero attached hydrogens (tertiary/aromatic N) is 1. The van der Waals surface area contributed by atoms with Crippen molar-refractivity contribution in [1.29, 1.82) is 0 Å². The summed E-state index contributed by atoms with van der Waals surface area (Å²) < 4.78 is 1.74. The van der Waals surface area contributed by atoms with Gasteiger partial charge in [0.2, 0.25) is 0 Å². The molecule has 1 aliphatic rings. The number of pyridine rings is 1. The summed E-state index contributed by atoms with van der Waals surface area (Å²) in [6.45, 7) is 5.55. The summed E-state index contributed by atoms with van der Waals surface area (Å²) in [5, 5.41) is 9.41. The first kappa shape index (κ1) is 15.8. The third kappa shape index (κ3) is 3.04. The van der Waals surface area contributed by atoms with E-state index in [1.54, 1.807) is 18.4 Å². The SMILES string of the molecule is CCC(C1CCCCC1)n1c(C)c(C(=O)O)c(C)cc1=O. The lowest BCUT2D eigenvalue weighted by atomic mass is 9.82. The summed E-state index contributed by atoms with van der Waals surface area (Å²) in [6.07, 6.45) is 6.85. The molecule has 1 aliphatic carbocycles. The van der Waals surface area contributed by atoms with Crippen molar-refractivity contribution >= 4 is 5.97 Å². The predicted molar refractivity (Wildman–Crippen MR) is 83.0 cm³/mol. The highest BCUT2D eigenvalue weighted by atomic mass is 16.4. The molecular weight excluding hydrogens is 266 g/mol. The highest BCUT2D eigenvalue weighted by molar-refractivity contribution is 5.90. The van der Waals surface area contributed by atoms with Gasteiger partial charge in [0.1, 0.15) is 0 Å². The maximum Gasteiger partial charge on any atom is 0.337 e. The number of hydrogen-bond acceptors (Lipinski definition) is 2. The first-order valence-electron chi connectivity index (χ1n) is 7.93. The zero-order chi connectivity index (χ0) is 15.6. The Morgan fingerprint density at radius 1 is 1.33 bits per heavy atom. The third-order valence-electron chi connectivity index (χ3n) is 4.85. The first-order chi connectivity index (χ1) is 9.97. The van der Waals surface area contributed by atoms with E-state index in [4.69, 9.17) is 0 Å². The zero-order valence-corrected chi connectivity index (χ0v) is 13.2. The van der Waals surface area contributed by atoms with Gasteiger partial charge in [0.05, 0.1) is 5.56 Å². The molecule has 1 aromatic heterocycles. The fourth-order valence-electron chi connectivity index (χ4n) is 3.88. The maximum atomic E-state index is 12.4. The van der Waals surface area contributed by atoms with Crippen molar-refractivity contribution < 1.29 is 9.90 Å². The Balaban J connectivity index is 2.52. The molecular formula is C17H25NO3.